The zero-order valence-electron chi connectivity index (χ0n) is 14.2. The molecule has 0 aliphatic carbocycles. The zero-order chi connectivity index (χ0) is 18.2. The summed E-state index contributed by atoms with van der Waals surface area (Å²) in [4.78, 5) is 22.9. The molecule has 0 atom stereocenters. The van der Waals surface area contributed by atoms with Crippen LogP contribution >= 0.6 is 0 Å². The molecule has 0 aromatic heterocycles. The minimum Gasteiger partial charge on any atom is -0.494 e. The zero-order valence-corrected chi connectivity index (χ0v) is 14.2. The second kappa shape index (κ2) is 8.73. The fraction of sp³-hybridized carbons (Fsp3) is 0.263. The monoisotopic (exact) mass is 343 g/mol. The highest BCUT2D eigenvalue weighted by Gasteiger charge is 2.10. The third-order valence-electron chi connectivity index (χ3n) is 3.38. The molecule has 0 aliphatic rings. The first-order valence-electron chi connectivity index (χ1n) is 7.99. The molecule has 6 heteroatoms. The van der Waals surface area contributed by atoms with Crippen molar-refractivity contribution in [3.63, 3.8) is 0 Å². The summed E-state index contributed by atoms with van der Waals surface area (Å²) in [6, 6.07) is 12.0. The first-order valence-corrected chi connectivity index (χ1v) is 7.99. The van der Waals surface area contributed by atoms with E-state index in [0.29, 0.717) is 29.4 Å². The summed E-state index contributed by atoms with van der Waals surface area (Å²) in [5.41, 5.74) is 1.90. The molecule has 0 radical (unpaired) electrons. The number of aliphatic carboxylic acids is 1. The van der Waals surface area contributed by atoms with E-state index in [2.05, 4.69) is 5.32 Å². The average molecular weight is 343 g/mol. The van der Waals surface area contributed by atoms with Crippen LogP contribution in [-0.2, 0) is 4.79 Å². The maximum atomic E-state index is 12.4. The van der Waals surface area contributed by atoms with Crippen LogP contribution in [0.25, 0.3) is 0 Å². The maximum Gasteiger partial charge on any atom is 0.341 e. The van der Waals surface area contributed by atoms with Gasteiger partial charge in [-0.05, 0) is 55.3 Å². The smallest absolute Gasteiger partial charge is 0.341 e. The molecule has 0 saturated heterocycles. The molecule has 0 heterocycles. The Balaban J connectivity index is 2.06. The molecule has 1 amide bonds. The molecule has 2 N–H and O–H groups in total. The second-order valence-electron chi connectivity index (χ2n) is 5.49. The van der Waals surface area contributed by atoms with Crippen LogP contribution in [0.2, 0.25) is 0 Å². The van der Waals surface area contributed by atoms with Gasteiger partial charge in [-0.15, -0.1) is 0 Å². The van der Waals surface area contributed by atoms with Gasteiger partial charge in [0.25, 0.3) is 5.91 Å². The highest BCUT2D eigenvalue weighted by molar-refractivity contribution is 6.04. The quantitative estimate of drug-likeness (QED) is 0.766. The van der Waals surface area contributed by atoms with Crippen LogP contribution in [0.3, 0.4) is 0 Å². The molecule has 0 fully saturated rings. The van der Waals surface area contributed by atoms with E-state index in [-0.39, 0.29) is 5.91 Å². The topological polar surface area (TPSA) is 84.9 Å². The van der Waals surface area contributed by atoms with E-state index in [0.717, 1.165) is 12.0 Å². The molecule has 25 heavy (non-hydrogen) atoms. The summed E-state index contributed by atoms with van der Waals surface area (Å²) in [5, 5.41) is 11.5. The van der Waals surface area contributed by atoms with Crippen molar-refractivity contribution < 1.29 is 24.2 Å². The summed E-state index contributed by atoms with van der Waals surface area (Å²) in [7, 11) is 0. The van der Waals surface area contributed by atoms with Crippen LogP contribution in [-0.4, -0.2) is 30.2 Å². The lowest BCUT2D eigenvalue weighted by molar-refractivity contribution is -0.139. The van der Waals surface area contributed by atoms with Gasteiger partial charge >= 0.3 is 5.97 Å². The molecule has 0 spiro atoms. The standard InChI is InChI=1S/C19H21NO5/c1-3-9-24-15-6-4-5-14(11-15)19(23)20-17-8-7-16(10-13(17)2)25-12-18(21)22/h4-8,10-11H,3,9,12H2,1-2H3,(H,20,23)(H,21,22). The maximum absolute atomic E-state index is 12.4. The van der Waals surface area contributed by atoms with Crippen LogP contribution in [0, 0.1) is 6.92 Å². The molecule has 0 bridgehead atoms. The normalized spacial score (nSPS) is 10.2. The number of nitrogens with one attached hydrogen (secondary N) is 1. The first kappa shape index (κ1) is 18.3. The van der Waals surface area contributed by atoms with Gasteiger partial charge in [0.2, 0.25) is 0 Å². The summed E-state index contributed by atoms with van der Waals surface area (Å²) in [6.45, 7) is 4.02. The Bertz CT molecular complexity index is 757. The SMILES string of the molecule is CCCOc1cccc(C(=O)Nc2ccc(OCC(=O)O)cc2C)c1. The number of carboxylic acid groups (broad SMARTS) is 1. The Kier molecular flexibility index (Phi) is 6.39. The summed E-state index contributed by atoms with van der Waals surface area (Å²) in [5.74, 6) is -0.194. The number of carbonyl (C=O) groups is 2. The lowest BCUT2D eigenvalue weighted by Crippen LogP contribution is -2.13. The van der Waals surface area contributed by atoms with Gasteiger partial charge in [0.05, 0.1) is 6.61 Å². The highest BCUT2D eigenvalue weighted by atomic mass is 16.5. The van der Waals surface area contributed by atoms with Crippen LogP contribution in [0.4, 0.5) is 5.69 Å². The van der Waals surface area contributed by atoms with Gasteiger partial charge in [-0.25, -0.2) is 4.79 Å². The number of amides is 1. The number of hydrogen-bond donors (Lipinski definition) is 2. The lowest BCUT2D eigenvalue weighted by Gasteiger charge is -2.11. The van der Waals surface area contributed by atoms with Crippen LogP contribution in [0.1, 0.15) is 29.3 Å². The van der Waals surface area contributed by atoms with E-state index < -0.39 is 12.6 Å². The average Bonchev–Trinajstić information content (AvgIpc) is 2.60. The van der Waals surface area contributed by atoms with Gasteiger partial charge in [-0.3, -0.25) is 4.79 Å². The summed E-state index contributed by atoms with van der Waals surface area (Å²) < 4.78 is 10.7. The van der Waals surface area contributed by atoms with Gasteiger partial charge in [-0.2, -0.15) is 0 Å². The molecular formula is C19H21NO5. The van der Waals surface area contributed by atoms with E-state index in [9.17, 15) is 9.59 Å². The largest absolute Gasteiger partial charge is 0.494 e. The Hall–Kier alpha value is -3.02. The third kappa shape index (κ3) is 5.53. The molecular weight excluding hydrogens is 322 g/mol. The molecule has 0 aliphatic heterocycles. The number of hydrogen-bond acceptors (Lipinski definition) is 4. The predicted octanol–water partition coefficient (Wildman–Crippen LogP) is 3.50. The van der Waals surface area contributed by atoms with Crippen molar-refractivity contribution in [2.75, 3.05) is 18.5 Å². The number of carbonyl (C=O) groups excluding carboxylic acids is 1. The number of rotatable bonds is 8. The molecule has 2 rings (SSSR count). The Morgan fingerprint density at radius 1 is 1.08 bits per heavy atom. The number of ether oxygens (including phenoxy) is 2. The third-order valence-corrected chi connectivity index (χ3v) is 3.38. The highest BCUT2D eigenvalue weighted by Crippen LogP contribution is 2.22. The minimum absolute atomic E-state index is 0.246. The summed E-state index contributed by atoms with van der Waals surface area (Å²) >= 11 is 0. The van der Waals surface area contributed by atoms with Gasteiger partial charge in [0.1, 0.15) is 11.5 Å². The molecule has 6 nitrogen and oxygen atoms in total. The van der Waals surface area contributed by atoms with Crippen molar-refractivity contribution in [3.05, 3.63) is 53.6 Å². The van der Waals surface area contributed by atoms with Crippen LogP contribution in [0.5, 0.6) is 11.5 Å². The van der Waals surface area contributed by atoms with Gasteiger partial charge in [0.15, 0.2) is 6.61 Å². The predicted molar refractivity (Wildman–Crippen MR) is 94.5 cm³/mol. The van der Waals surface area contributed by atoms with Crippen molar-refractivity contribution in [2.24, 2.45) is 0 Å². The van der Waals surface area contributed by atoms with E-state index in [1.54, 1.807) is 36.4 Å². The van der Waals surface area contributed by atoms with Gasteiger partial charge in [0, 0.05) is 11.3 Å². The summed E-state index contributed by atoms with van der Waals surface area (Å²) in [6.07, 6.45) is 0.895. The Labute approximate surface area is 146 Å². The molecule has 0 saturated carbocycles. The van der Waals surface area contributed by atoms with E-state index >= 15 is 0 Å². The van der Waals surface area contributed by atoms with Gasteiger partial charge < -0.3 is 19.9 Å². The lowest BCUT2D eigenvalue weighted by atomic mass is 10.1. The Morgan fingerprint density at radius 2 is 1.84 bits per heavy atom. The first-order chi connectivity index (χ1) is 12.0. The van der Waals surface area contributed by atoms with E-state index in [4.69, 9.17) is 14.6 Å². The van der Waals surface area contributed by atoms with Crippen molar-refractivity contribution >= 4 is 17.6 Å². The minimum atomic E-state index is -1.04. The van der Waals surface area contributed by atoms with E-state index in [1.165, 1.54) is 0 Å². The number of anilines is 1. The number of benzene rings is 2. The van der Waals surface area contributed by atoms with Crippen LogP contribution < -0.4 is 14.8 Å². The molecule has 0 unspecified atom stereocenters. The van der Waals surface area contributed by atoms with Crippen molar-refractivity contribution in [1.82, 2.24) is 0 Å². The fourth-order valence-electron chi connectivity index (χ4n) is 2.15. The van der Waals surface area contributed by atoms with E-state index in [1.807, 2.05) is 19.9 Å². The van der Waals surface area contributed by atoms with Crippen molar-refractivity contribution in [1.29, 1.82) is 0 Å². The number of carboxylic acids is 1. The van der Waals surface area contributed by atoms with Gasteiger partial charge in [-0.1, -0.05) is 13.0 Å². The second-order valence-corrected chi connectivity index (χ2v) is 5.49. The molecule has 2 aromatic rings. The molecule has 2 aromatic carbocycles. The van der Waals surface area contributed by atoms with Crippen LogP contribution in [0.15, 0.2) is 42.5 Å². The van der Waals surface area contributed by atoms with Crippen molar-refractivity contribution in [2.45, 2.75) is 20.3 Å². The fourth-order valence-corrected chi connectivity index (χ4v) is 2.15. The molecule has 132 valence electrons. The van der Waals surface area contributed by atoms with Crippen molar-refractivity contribution in [3.8, 4) is 11.5 Å². The number of aryl methyl sites for hydroxylation is 1. The Morgan fingerprint density at radius 3 is 2.52 bits per heavy atom.